The van der Waals surface area contributed by atoms with Crippen LogP contribution in [-0.4, -0.2) is 12.3 Å². The number of carbonyl (C=O) groups excluding carboxylic acids is 1. The topological polar surface area (TPSA) is 17.1 Å². The zero-order valence-electron chi connectivity index (χ0n) is 6.41. The highest BCUT2D eigenvalue weighted by atomic mass is 79.9. The summed E-state index contributed by atoms with van der Waals surface area (Å²) in [6.07, 6.45) is 1.82. The predicted octanol–water partition coefficient (Wildman–Crippen LogP) is 3.96. The minimum absolute atomic E-state index is 0.105. The predicted molar refractivity (Wildman–Crippen MR) is 64.6 cm³/mol. The van der Waals surface area contributed by atoms with Gasteiger partial charge in [0.2, 0.25) is 0 Å². The number of alkyl halides is 4. The molecule has 0 aromatic heterocycles. The lowest BCUT2D eigenvalue weighted by Crippen LogP contribution is -2.47. The molecule has 1 rings (SSSR count). The Balaban J connectivity index is 2.94. The average molecular weight is 428 g/mol. The van der Waals surface area contributed by atoms with Crippen LogP contribution in [0.3, 0.4) is 0 Å². The van der Waals surface area contributed by atoms with E-state index in [4.69, 9.17) is 0 Å². The van der Waals surface area contributed by atoms with Crippen LogP contribution in [0.25, 0.3) is 0 Å². The van der Waals surface area contributed by atoms with Crippen molar-refractivity contribution in [2.45, 2.75) is 26.2 Å². The monoisotopic (exact) mass is 424 g/mol. The fourth-order valence-electron chi connectivity index (χ4n) is 1.16. The molecule has 1 aliphatic rings. The first-order valence-corrected chi connectivity index (χ1v) is 6.76. The van der Waals surface area contributed by atoms with Crippen molar-refractivity contribution >= 4 is 69.5 Å². The van der Waals surface area contributed by atoms with Crippen molar-refractivity contribution in [3.05, 3.63) is 0 Å². The van der Waals surface area contributed by atoms with E-state index in [-0.39, 0.29) is 5.78 Å². The highest BCUT2D eigenvalue weighted by Crippen LogP contribution is 2.51. The highest BCUT2D eigenvalue weighted by molar-refractivity contribution is 9.27. The van der Waals surface area contributed by atoms with Gasteiger partial charge in [-0.25, -0.2) is 0 Å². The first-order chi connectivity index (χ1) is 5.28. The van der Waals surface area contributed by atoms with Gasteiger partial charge in [0, 0.05) is 0 Å². The molecule has 5 heteroatoms. The number of ketones is 1. The molecule has 1 atom stereocenters. The van der Waals surface area contributed by atoms with Crippen LogP contribution in [0.2, 0.25) is 0 Å². The van der Waals surface area contributed by atoms with E-state index >= 15 is 0 Å². The third-order valence-corrected chi connectivity index (χ3v) is 5.94. The number of halogens is 4. The summed E-state index contributed by atoms with van der Waals surface area (Å²) in [7, 11) is 0. The van der Waals surface area contributed by atoms with Crippen LogP contribution in [0.15, 0.2) is 0 Å². The van der Waals surface area contributed by atoms with Crippen molar-refractivity contribution < 1.29 is 4.79 Å². The maximum Gasteiger partial charge on any atom is 0.187 e. The SMILES string of the molecule is CC1CCC(Br)(Br)C(=O)C1(Br)Br. The lowest BCUT2D eigenvalue weighted by molar-refractivity contribution is -0.121. The van der Waals surface area contributed by atoms with Crippen LogP contribution in [0, 0.1) is 5.92 Å². The summed E-state index contributed by atoms with van der Waals surface area (Å²) in [5, 5.41) is 0. The van der Waals surface area contributed by atoms with Crippen molar-refractivity contribution in [3.8, 4) is 0 Å². The van der Waals surface area contributed by atoms with E-state index < -0.39 is 6.47 Å². The quantitative estimate of drug-likeness (QED) is 0.535. The van der Waals surface area contributed by atoms with Gasteiger partial charge in [-0.05, 0) is 18.8 Å². The Morgan fingerprint density at radius 3 is 2.25 bits per heavy atom. The van der Waals surface area contributed by atoms with Gasteiger partial charge in [0.25, 0.3) is 0 Å². The third kappa shape index (κ3) is 1.98. The first kappa shape index (κ1) is 11.7. The van der Waals surface area contributed by atoms with Crippen LogP contribution in [0.5, 0.6) is 0 Å². The number of carbonyl (C=O) groups is 1. The second-order valence-electron chi connectivity index (χ2n) is 3.10. The molecule has 70 valence electrons. The first-order valence-electron chi connectivity index (χ1n) is 3.59. The molecule has 0 aromatic carbocycles. The van der Waals surface area contributed by atoms with Gasteiger partial charge in [0.05, 0.1) is 0 Å². The Bertz CT molecular complexity index is 211. The van der Waals surface area contributed by atoms with Crippen LogP contribution < -0.4 is 0 Å². The lowest BCUT2D eigenvalue weighted by Gasteiger charge is -2.38. The maximum absolute atomic E-state index is 11.8. The molecule has 0 heterocycles. The molecular weight excluding hydrogens is 420 g/mol. The molecule has 1 fully saturated rings. The molecule has 12 heavy (non-hydrogen) atoms. The molecule has 0 amide bonds. The second kappa shape index (κ2) is 3.63. The summed E-state index contributed by atoms with van der Waals surface area (Å²) < 4.78 is -1.13. The number of Topliss-reactive ketones (excluding diaryl/α,β-unsaturated/α-hetero) is 1. The van der Waals surface area contributed by atoms with Crippen LogP contribution in [0.1, 0.15) is 19.8 Å². The molecule has 0 radical (unpaired) electrons. The van der Waals surface area contributed by atoms with Crippen molar-refractivity contribution in [1.29, 1.82) is 0 Å². The summed E-state index contributed by atoms with van der Waals surface area (Å²) >= 11 is 13.5. The largest absolute Gasteiger partial charge is 0.295 e. The third-order valence-electron chi connectivity index (χ3n) is 2.15. The van der Waals surface area contributed by atoms with E-state index in [9.17, 15) is 4.79 Å². The molecule has 0 saturated heterocycles. The van der Waals surface area contributed by atoms with Gasteiger partial charge in [-0.2, -0.15) is 0 Å². The normalized spacial score (nSPS) is 33.4. The van der Waals surface area contributed by atoms with Gasteiger partial charge >= 0.3 is 0 Å². The standard InChI is InChI=1S/C7H8Br4O/c1-4-2-3-6(8,9)5(12)7(4,10)11/h4H,2-3H2,1H3. The van der Waals surface area contributed by atoms with E-state index in [1.807, 2.05) is 0 Å². The van der Waals surface area contributed by atoms with E-state index in [1.165, 1.54) is 0 Å². The molecule has 1 nitrogen and oxygen atoms in total. The van der Waals surface area contributed by atoms with Gasteiger partial charge in [-0.15, -0.1) is 0 Å². The van der Waals surface area contributed by atoms with E-state index in [0.717, 1.165) is 12.8 Å². The van der Waals surface area contributed by atoms with E-state index in [2.05, 4.69) is 70.6 Å². The van der Waals surface area contributed by atoms with Crippen molar-refractivity contribution in [2.75, 3.05) is 0 Å². The van der Waals surface area contributed by atoms with Gasteiger partial charge in [-0.3, -0.25) is 4.79 Å². The second-order valence-corrected chi connectivity index (χ2v) is 10.4. The Kier molecular flexibility index (Phi) is 3.53. The Labute approximate surface area is 106 Å². The molecule has 0 bridgehead atoms. The fourth-order valence-corrected chi connectivity index (χ4v) is 4.44. The Morgan fingerprint density at radius 1 is 1.33 bits per heavy atom. The summed E-state index contributed by atoms with van der Waals surface area (Å²) in [6.45, 7) is 2.05. The van der Waals surface area contributed by atoms with E-state index in [0.29, 0.717) is 5.92 Å². The molecular formula is C7H8Br4O. The molecule has 1 saturated carbocycles. The van der Waals surface area contributed by atoms with Crippen LogP contribution in [-0.2, 0) is 4.79 Å². The fraction of sp³-hybridized carbons (Fsp3) is 0.857. The molecule has 0 N–H and O–H groups in total. The van der Waals surface area contributed by atoms with E-state index in [1.54, 1.807) is 0 Å². The molecule has 0 aliphatic heterocycles. The molecule has 0 spiro atoms. The summed E-state index contributed by atoms with van der Waals surface area (Å²) in [5.41, 5.74) is 0. The van der Waals surface area contributed by atoms with Crippen LogP contribution >= 0.6 is 63.7 Å². The van der Waals surface area contributed by atoms with Crippen molar-refractivity contribution in [2.24, 2.45) is 5.92 Å². The summed E-state index contributed by atoms with van der Waals surface area (Å²) in [4.78, 5) is 11.8. The minimum atomic E-state index is -0.578. The van der Waals surface area contributed by atoms with Gasteiger partial charge < -0.3 is 0 Å². The number of hydrogen-bond acceptors (Lipinski definition) is 1. The zero-order valence-corrected chi connectivity index (χ0v) is 12.8. The Hall–Kier alpha value is 1.59. The smallest absolute Gasteiger partial charge is 0.187 e. The molecule has 1 unspecified atom stereocenters. The molecule has 0 aromatic rings. The average Bonchev–Trinajstić information content (AvgIpc) is 1.96. The van der Waals surface area contributed by atoms with Crippen molar-refractivity contribution in [3.63, 3.8) is 0 Å². The summed E-state index contributed by atoms with van der Waals surface area (Å²) in [5.74, 6) is 0.418. The van der Waals surface area contributed by atoms with Gasteiger partial charge in [-0.1, -0.05) is 70.6 Å². The van der Waals surface area contributed by atoms with Gasteiger partial charge in [0.1, 0.15) is 6.47 Å². The molecule has 1 aliphatic carbocycles. The van der Waals surface area contributed by atoms with Gasteiger partial charge in [0.15, 0.2) is 5.78 Å². The number of hydrogen-bond donors (Lipinski definition) is 0. The van der Waals surface area contributed by atoms with Crippen molar-refractivity contribution in [1.82, 2.24) is 0 Å². The maximum atomic E-state index is 11.8. The summed E-state index contributed by atoms with van der Waals surface area (Å²) in [6, 6.07) is 0. The minimum Gasteiger partial charge on any atom is -0.295 e. The zero-order chi connectivity index (χ0) is 9.57. The van der Waals surface area contributed by atoms with Crippen LogP contribution in [0.4, 0.5) is 0 Å². The lowest BCUT2D eigenvalue weighted by atomic mass is 9.89. The number of rotatable bonds is 0. The Morgan fingerprint density at radius 2 is 1.83 bits per heavy atom. The highest BCUT2D eigenvalue weighted by Gasteiger charge is 2.52.